The Morgan fingerprint density at radius 3 is 2.86 bits per heavy atom. The van der Waals surface area contributed by atoms with E-state index in [4.69, 9.17) is 4.74 Å². The number of nitrogens with zero attached hydrogens (tertiary/aromatic N) is 3. The van der Waals surface area contributed by atoms with Gasteiger partial charge >= 0.3 is 0 Å². The Hall–Kier alpha value is -1.56. The molecule has 6 nitrogen and oxygen atoms in total. The minimum absolute atomic E-state index is 0.496. The summed E-state index contributed by atoms with van der Waals surface area (Å²) in [6.07, 6.45) is 9.80. The minimum atomic E-state index is 0.496. The maximum Gasteiger partial charge on any atom is 0.191 e. The molecule has 1 aromatic rings. The molecule has 0 amide bonds. The van der Waals surface area contributed by atoms with Crippen molar-refractivity contribution >= 4 is 5.96 Å². The summed E-state index contributed by atoms with van der Waals surface area (Å²) in [6.45, 7) is 2.42. The topological polar surface area (TPSA) is 63.5 Å². The molecular weight excluding hydrogens is 278 g/mol. The number of rotatable bonds is 7. The Labute approximate surface area is 133 Å². The smallest absolute Gasteiger partial charge is 0.191 e. The van der Waals surface area contributed by atoms with Gasteiger partial charge in [-0.25, -0.2) is 0 Å². The van der Waals surface area contributed by atoms with Crippen LogP contribution in [0.2, 0.25) is 0 Å². The summed E-state index contributed by atoms with van der Waals surface area (Å²) in [5, 5.41) is 10.8. The van der Waals surface area contributed by atoms with Crippen LogP contribution in [0.1, 0.15) is 44.2 Å². The number of ether oxygens (including phenoxy) is 1. The summed E-state index contributed by atoms with van der Waals surface area (Å²) in [6, 6.07) is 2.00. The second-order valence-electron chi connectivity index (χ2n) is 5.78. The number of hydrogen-bond donors (Lipinski definition) is 2. The van der Waals surface area contributed by atoms with Crippen molar-refractivity contribution in [3.63, 3.8) is 0 Å². The summed E-state index contributed by atoms with van der Waals surface area (Å²) in [7, 11) is 3.73. The van der Waals surface area contributed by atoms with Crippen molar-refractivity contribution in [2.24, 2.45) is 12.0 Å². The number of hydrogen-bond acceptors (Lipinski definition) is 3. The van der Waals surface area contributed by atoms with Crippen LogP contribution >= 0.6 is 0 Å². The fourth-order valence-electron chi connectivity index (χ4n) is 2.73. The van der Waals surface area contributed by atoms with E-state index in [9.17, 15) is 0 Å². The Kier molecular flexibility index (Phi) is 7.22. The zero-order chi connectivity index (χ0) is 15.6. The molecular formula is C16H29N5O. The molecule has 2 rings (SSSR count). The van der Waals surface area contributed by atoms with E-state index in [2.05, 4.69) is 20.7 Å². The maximum absolute atomic E-state index is 5.92. The highest BCUT2D eigenvalue weighted by Gasteiger charge is 2.12. The molecule has 1 saturated carbocycles. The number of aryl methyl sites for hydroxylation is 1. The van der Waals surface area contributed by atoms with E-state index >= 15 is 0 Å². The van der Waals surface area contributed by atoms with Gasteiger partial charge in [-0.2, -0.15) is 5.10 Å². The van der Waals surface area contributed by atoms with Gasteiger partial charge < -0.3 is 15.4 Å². The zero-order valence-electron chi connectivity index (χ0n) is 13.8. The van der Waals surface area contributed by atoms with Gasteiger partial charge in [-0.15, -0.1) is 0 Å². The van der Waals surface area contributed by atoms with Gasteiger partial charge in [0.2, 0.25) is 0 Å². The van der Waals surface area contributed by atoms with Crippen LogP contribution in [-0.2, 0) is 18.3 Å². The molecule has 124 valence electrons. The third kappa shape index (κ3) is 5.67. The second kappa shape index (κ2) is 9.46. The first-order valence-electron chi connectivity index (χ1n) is 8.32. The quantitative estimate of drug-likeness (QED) is 0.458. The van der Waals surface area contributed by atoms with Crippen LogP contribution in [0.4, 0.5) is 0 Å². The standard InChI is InChI=1S/C16H29N5O/c1-17-16(19-13-14-9-11-20-21(14)2)18-10-6-12-22-15-7-4-3-5-8-15/h9,11,15H,3-8,10,12-13H2,1-2H3,(H2,17,18,19). The minimum Gasteiger partial charge on any atom is -0.378 e. The molecule has 0 radical (unpaired) electrons. The van der Waals surface area contributed by atoms with Gasteiger partial charge in [0.15, 0.2) is 5.96 Å². The lowest BCUT2D eigenvalue weighted by atomic mass is 9.98. The first kappa shape index (κ1) is 16.8. The first-order chi connectivity index (χ1) is 10.8. The molecule has 0 bridgehead atoms. The van der Waals surface area contributed by atoms with E-state index in [1.807, 2.05) is 17.8 Å². The summed E-state index contributed by atoms with van der Waals surface area (Å²) >= 11 is 0. The molecule has 1 fully saturated rings. The molecule has 22 heavy (non-hydrogen) atoms. The molecule has 0 saturated heterocycles. The molecule has 0 unspecified atom stereocenters. The van der Waals surface area contributed by atoms with Gasteiger partial charge in [-0.3, -0.25) is 9.67 Å². The van der Waals surface area contributed by atoms with Crippen molar-refractivity contribution in [3.05, 3.63) is 18.0 Å². The van der Waals surface area contributed by atoms with Crippen molar-refractivity contribution in [2.45, 2.75) is 51.2 Å². The van der Waals surface area contributed by atoms with Crippen molar-refractivity contribution in [1.29, 1.82) is 0 Å². The van der Waals surface area contributed by atoms with Crippen molar-refractivity contribution < 1.29 is 4.74 Å². The summed E-state index contributed by atoms with van der Waals surface area (Å²) in [5.41, 5.74) is 1.13. The highest BCUT2D eigenvalue weighted by molar-refractivity contribution is 5.79. The number of nitrogens with one attached hydrogen (secondary N) is 2. The molecule has 6 heteroatoms. The summed E-state index contributed by atoms with van der Waals surface area (Å²) in [5.74, 6) is 0.818. The van der Waals surface area contributed by atoms with E-state index in [1.165, 1.54) is 32.1 Å². The van der Waals surface area contributed by atoms with E-state index < -0.39 is 0 Å². The van der Waals surface area contributed by atoms with E-state index in [0.29, 0.717) is 6.10 Å². The third-order valence-corrected chi connectivity index (χ3v) is 4.10. The second-order valence-corrected chi connectivity index (χ2v) is 5.78. The summed E-state index contributed by atoms with van der Waals surface area (Å²) in [4.78, 5) is 4.23. The van der Waals surface area contributed by atoms with Crippen LogP contribution in [0.3, 0.4) is 0 Å². The van der Waals surface area contributed by atoms with Gasteiger partial charge in [0.05, 0.1) is 18.3 Å². The van der Waals surface area contributed by atoms with Crippen LogP contribution in [0.15, 0.2) is 17.3 Å². The predicted molar refractivity (Wildman–Crippen MR) is 88.9 cm³/mol. The third-order valence-electron chi connectivity index (χ3n) is 4.10. The monoisotopic (exact) mass is 307 g/mol. The Balaban J connectivity index is 1.55. The lowest BCUT2D eigenvalue weighted by Gasteiger charge is -2.22. The highest BCUT2D eigenvalue weighted by Crippen LogP contribution is 2.20. The van der Waals surface area contributed by atoms with Gasteiger partial charge in [0.25, 0.3) is 0 Å². The molecule has 1 aliphatic carbocycles. The first-order valence-corrected chi connectivity index (χ1v) is 8.32. The Morgan fingerprint density at radius 2 is 2.18 bits per heavy atom. The Morgan fingerprint density at radius 1 is 1.36 bits per heavy atom. The van der Waals surface area contributed by atoms with Gasteiger partial charge in [0.1, 0.15) is 0 Å². The van der Waals surface area contributed by atoms with Crippen molar-refractivity contribution in [1.82, 2.24) is 20.4 Å². The van der Waals surface area contributed by atoms with E-state index in [-0.39, 0.29) is 0 Å². The lowest BCUT2D eigenvalue weighted by molar-refractivity contribution is 0.0277. The van der Waals surface area contributed by atoms with Crippen molar-refractivity contribution in [3.8, 4) is 0 Å². The predicted octanol–water partition coefficient (Wildman–Crippen LogP) is 1.82. The van der Waals surface area contributed by atoms with Gasteiger partial charge in [-0.05, 0) is 25.3 Å². The highest BCUT2D eigenvalue weighted by atomic mass is 16.5. The number of aromatic nitrogens is 2. The molecule has 0 aliphatic heterocycles. The molecule has 0 spiro atoms. The molecule has 0 aromatic carbocycles. The molecule has 2 N–H and O–H groups in total. The fraction of sp³-hybridized carbons (Fsp3) is 0.750. The van der Waals surface area contributed by atoms with Crippen LogP contribution in [0.25, 0.3) is 0 Å². The van der Waals surface area contributed by atoms with Crippen LogP contribution < -0.4 is 10.6 Å². The van der Waals surface area contributed by atoms with Gasteiger partial charge in [0, 0.05) is 33.4 Å². The number of aliphatic imine (C=N–C) groups is 1. The summed E-state index contributed by atoms with van der Waals surface area (Å²) < 4.78 is 7.78. The zero-order valence-corrected chi connectivity index (χ0v) is 13.8. The average Bonchev–Trinajstić information content (AvgIpc) is 2.96. The molecule has 0 atom stereocenters. The molecule has 1 aromatic heterocycles. The van der Waals surface area contributed by atoms with Crippen LogP contribution in [-0.4, -0.2) is 42.0 Å². The van der Waals surface area contributed by atoms with E-state index in [0.717, 1.165) is 37.8 Å². The normalized spacial score (nSPS) is 16.7. The molecule has 1 aliphatic rings. The largest absolute Gasteiger partial charge is 0.378 e. The fourth-order valence-corrected chi connectivity index (χ4v) is 2.73. The van der Waals surface area contributed by atoms with Crippen LogP contribution in [0.5, 0.6) is 0 Å². The average molecular weight is 307 g/mol. The SMILES string of the molecule is CN=C(NCCCOC1CCCCC1)NCc1ccnn1C. The Bertz CT molecular complexity index is 451. The molecule has 1 heterocycles. The van der Waals surface area contributed by atoms with Gasteiger partial charge in [-0.1, -0.05) is 19.3 Å². The van der Waals surface area contributed by atoms with Crippen molar-refractivity contribution in [2.75, 3.05) is 20.2 Å². The maximum atomic E-state index is 5.92. The van der Waals surface area contributed by atoms with E-state index in [1.54, 1.807) is 13.2 Å². The number of guanidine groups is 1. The van der Waals surface area contributed by atoms with Crippen LogP contribution in [0, 0.1) is 0 Å². The lowest BCUT2D eigenvalue weighted by Crippen LogP contribution is -2.38.